The van der Waals surface area contributed by atoms with Crippen molar-refractivity contribution >= 4 is 60.9 Å². The van der Waals surface area contributed by atoms with Gasteiger partial charge < -0.3 is 13.7 Å². The van der Waals surface area contributed by atoms with Gasteiger partial charge in [-0.15, -0.1) is 0 Å². The van der Waals surface area contributed by atoms with Gasteiger partial charge in [-0.1, -0.05) is 140 Å². The van der Waals surface area contributed by atoms with Crippen LogP contribution in [0.4, 0.5) is 17.1 Å². The molecule has 0 N–H and O–H groups in total. The molecule has 2 heterocycles. The largest absolute Gasteiger partial charge is 0.456 e. The topological polar surface area (TPSA) is 29.5 Å². The quantitative estimate of drug-likeness (QED) is 0.179. The van der Waals surface area contributed by atoms with Crippen molar-refractivity contribution in [3.63, 3.8) is 0 Å². The van der Waals surface area contributed by atoms with E-state index in [4.69, 9.17) is 8.83 Å². The van der Waals surface area contributed by atoms with Crippen LogP contribution in [0.1, 0.15) is 0 Å². The molecule has 0 fully saturated rings. The predicted molar refractivity (Wildman–Crippen MR) is 212 cm³/mol. The fraction of sp³-hybridized carbons (Fsp3) is 0. The van der Waals surface area contributed by atoms with Crippen molar-refractivity contribution < 1.29 is 8.83 Å². The first-order valence-corrected chi connectivity index (χ1v) is 17.3. The molecular weight excluding hydrogens is 623 g/mol. The molecule has 0 saturated carbocycles. The predicted octanol–water partition coefficient (Wildman–Crippen LogP) is 14.0. The monoisotopic (exact) mass is 653 g/mol. The lowest BCUT2D eigenvalue weighted by atomic mass is 9.96. The molecule has 0 radical (unpaired) electrons. The summed E-state index contributed by atoms with van der Waals surface area (Å²) in [5.74, 6) is 0. The molecule has 3 nitrogen and oxygen atoms in total. The maximum absolute atomic E-state index is 6.43. The second-order valence-electron chi connectivity index (χ2n) is 12.9. The Morgan fingerprint density at radius 3 is 1.57 bits per heavy atom. The summed E-state index contributed by atoms with van der Waals surface area (Å²) in [6.45, 7) is 0. The van der Waals surface area contributed by atoms with Gasteiger partial charge in [0.1, 0.15) is 22.3 Å². The lowest BCUT2D eigenvalue weighted by Gasteiger charge is -2.29. The van der Waals surface area contributed by atoms with Crippen molar-refractivity contribution in [2.24, 2.45) is 0 Å². The third-order valence-electron chi connectivity index (χ3n) is 9.89. The van der Waals surface area contributed by atoms with Crippen LogP contribution in [0.15, 0.2) is 197 Å². The molecule has 0 bridgehead atoms. The van der Waals surface area contributed by atoms with Gasteiger partial charge in [0.05, 0.1) is 16.8 Å². The Morgan fingerprint density at radius 1 is 0.314 bits per heavy atom. The smallest absolute Gasteiger partial charge is 0.137 e. The Morgan fingerprint density at radius 2 is 0.804 bits per heavy atom. The lowest BCUT2D eigenvalue weighted by molar-refractivity contribution is 0.668. The second-order valence-corrected chi connectivity index (χ2v) is 12.9. The van der Waals surface area contributed by atoms with Crippen LogP contribution >= 0.6 is 0 Å². The van der Waals surface area contributed by atoms with Crippen molar-refractivity contribution in [2.75, 3.05) is 4.90 Å². The van der Waals surface area contributed by atoms with Crippen molar-refractivity contribution in [1.82, 2.24) is 0 Å². The zero-order valence-corrected chi connectivity index (χ0v) is 27.7. The van der Waals surface area contributed by atoms with Gasteiger partial charge in [-0.3, -0.25) is 0 Å². The standard InChI is InChI=1S/C48H31NO2/c1-2-13-32(14-3-1)33-27-29-34(30-28-33)35-15-10-16-36(31-35)49(42-22-12-26-46-48(42)40-19-6-9-24-44(40)51-46)41-21-7-4-17-37(41)38-20-11-25-45-47(38)39-18-5-8-23-43(39)50-45/h1-31H. The van der Waals surface area contributed by atoms with E-state index >= 15 is 0 Å². The van der Waals surface area contributed by atoms with E-state index in [9.17, 15) is 0 Å². The summed E-state index contributed by atoms with van der Waals surface area (Å²) < 4.78 is 12.8. The van der Waals surface area contributed by atoms with Crippen LogP contribution in [-0.2, 0) is 0 Å². The minimum atomic E-state index is 0.853. The second kappa shape index (κ2) is 11.9. The maximum Gasteiger partial charge on any atom is 0.137 e. The molecule has 0 aliphatic carbocycles. The van der Waals surface area contributed by atoms with Crippen molar-refractivity contribution in [1.29, 1.82) is 0 Å². The number of nitrogens with zero attached hydrogens (tertiary/aromatic N) is 1. The van der Waals surface area contributed by atoms with Crippen LogP contribution in [0, 0.1) is 0 Å². The average molecular weight is 654 g/mol. The molecular formula is C48H31NO2. The first-order valence-electron chi connectivity index (χ1n) is 17.3. The molecule has 0 amide bonds. The number of hydrogen-bond donors (Lipinski definition) is 0. The number of fused-ring (bicyclic) bond motifs is 6. The Hall–Kier alpha value is -6.84. The minimum Gasteiger partial charge on any atom is -0.456 e. The van der Waals surface area contributed by atoms with Gasteiger partial charge in [-0.2, -0.15) is 0 Å². The number of benzene rings is 8. The molecule has 0 spiro atoms. The molecule has 240 valence electrons. The van der Waals surface area contributed by atoms with E-state index in [1.54, 1.807) is 0 Å². The van der Waals surface area contributed by atoms with E-state index in [-0.39, 0.29) is 0 Å². The van der Waals surface area contributed by atoms with Gasteiger partial charge in [-0.05, 0) is 76.3 Å². The van der Waals surface area contributed by atoms with Gasteiger partial charge in [0, 0.05) is 27.4 Å². The summed E-state index contributed by atoms with van der Waals surface area (Å²) in [6, 6.07) is 66.2. The van der Waals surface area contributed by atoms with Gasteiger partial charge in [-0.25, -0.2) is 0 Å². The highest BCUT2D eigenvalue weighted by molar-refractivity contribution is 6.16. The van der Waals surface area contributed by atoms with E-state index < -0.39 is 0 Å². The van der Waals surface area contributed by atoms with Gasteiger partial charge in [0.25, 0.3) is 0 Å². The third-order valence-corrected chi connectivity index (χ3v) is 9.89. The lowest BCUT2D eigenvalue weighted by Crippen LogP contribution is -2.11. The summed E-state index contributed by atoms with van der Waals surface area (Å²) in [6.07, 6.45) is 0. The zero-order valence-electron chi connectivity index (χ0n) is 27.7. The summed E-state index contributed by atoms with van der Waals surface area (Å²) in [7, 11) is 0. The van der Waals surface area contributed by atoms with Crippen molar-refractivity contribution in [3.05, 3.63) is 188 Å². The molecule has 0 unspecified atom stereocenters. The molecule has 3 heteroatoms. The third kappa shape index (κ3) is 4.90. The van der Waals surface area contributed by atoms with Crippen LogP contribution in [-0.4, -0.2) is 0 Å². The van der Waals surface area contributed by atoms with E-state index in [0.717, 1.165) is 83.2 Å². The molecule has 8 aromatic carbocycles. The Kier molecular flexibility index (Phi) is 6.81. The van der Waals surface area contributed by atoms with Crippen LogP contribution in [0.2, 0.25) is 0 Å². The minimum absolute atomic E-state index is 0.853. The Bertz CT molecular complexity index is 2860. The van der Waals surface area contributed by atoms with E-state index in [1.807, 2.05) is 24.3 Å². The van der Waals surface area contributed by atoms with Crippen LogP contribution in [0.25, 0.3) is 77.3 Å². The highest BCUT2D eigenvalue weighted by Gasteiger charge is 2.23. The molecule has 0 saturated heterocycles. The summed E-state index contributed by atoms with van der Waals surface area (Å²) in [5, 5.41) is 4.38. The first kappa shape index (κ1) is 29.1. The normalized spacial score (nSPS) is 11.5. The molecule has 10 rings (SSSR count). The maximum atomic E-state index is 6.43. The average Bonchev–Trinajstić information content (AvgIpc) is 3.78. The zero-order chi connectivity index (χ0) is 33.7. The molecule has 0 aliphatic heterocycles. The van der Waals surface area contributed by atoms with Gasteiger partial charge in [0.15, 0.2) is 0 Å². The SMILES string of the molecule is c1ccc(-c2ccc(-c3cccc(N(c4ccccc4-c4cccc5oc6ccccc6c45)c4cccc5oc6ccccc6c45)c3)cc2)cc1. The van der Waals surface area contributed by atoms with Crippen LogP contribution < -0.4 is 4.90 Å². The number of para-hydroxylation sites is 3. The molecule has 51 heavy (non-hydrogen) atoms. The fourth-order valence-electron chi connectivity index (χ4n) is 7.56. The highest BCUT2D eigenvalue weighted by Crippen LogP contribution is 2.48. The van der Waals surface area contributed by atoms with Crippen molar-refractivity contribution in [2.45, 2.75) is 0 Å². The number of rotatable bonds is 6. The molecule has 2 aromatic heterocycles. The van der Waals surface area contributed by atoms with Crippen LogP contribution in [0.3, 0.4) is 0 Å². The number of anilines is 3. The molecule has 0 aliphatic rings. The summed E-state index contributed by atoms with van der Waals surface area (Å²) in [5.41, 5.74) is 13.6. The first-order chi connectivity index (χ1) is 25.3. The summed E-state index contributed by atoms with van der Waals surface area (Å²) >= 11 is 0. The van der Waals surface area contributed by atoms with E-state index in [2.05, 4.69) is 169 Å². The van der Waals surface area contributed by atoms with Gasteiger partial charge in [0.2, 0.25) is 0 Å². The van der Waals surface area contributed by atoms with E-state index in [1.165, 1.54) is 11.1 Å². The molecule has 10 aromatic rings. The fourth-order valence-corrected chi connectivity index (χ4v) is 7.56. The number of hydrogen-bond acceptors (Lipinski definition) is 3. The van der Waals surface area contributed by atoms with Crippen LogP contribution in [0.5, 0.6) is 0 Å². The van der Waals surface area contributed by atoms with E-state index in [0.29, 0.717) is 0 Å². The van der Waals surface area contributed by atoms with Crippen molar-refractivity contribution in [3.8, 4) is 33.4 Å². The van der Waals surface area contributed by atoms with Gasteiger partial charge >= 0.3 is 0 Å². The Labute approximate surface area is 295 Å². The Balaban J connectivity index is 1.21. The summed E-state index contributed by atoms with van der Waals surface area (Å²) in [4.78, 5) is 2.39. The number of furan rings is 2. The highest BCUT2D eigenvalue weighted by atomic mass is 16.3. The molecule has 0 atom stereocenters.